The topological polar surface area (TPSA) is 196 Å². The van der Waals surface area contributed by atoms with Crippen molar-refractivity contribution in [2.75, 3.05) is 0 Å². The van der Waals surface area contributed by atoms with Crippen LogP contribution in [0.25, 0.3) is 0 Å². The number of pyridine rings is 3. The first kappa shape index (κ1) is 32.6. The van der Waals surface area contributed by atoms with Crippen LogP contribution in [0.2, 0.25) is 0 Å². The fourth-order valence-corrected chi connectivity index (χ4v) is 5.05. The molecule has 0 bridgehead atoms. The van der Waals surface area contributed by atoms with Gasteiger partial charge in [-0.3, -0.25) is 30.3 Å². The van der Waals surface area contributed by atoms with Crippen LogP contribution in [-0.2, 0) is 5.41 Å². The molecule has 15 nitrogen and oxygen atoms in total. The van der Waals surface area contributed by atoms with Crippen LogP contribution in [0.15, 0.2) is 128 Å². The number of ether oxygens (including phenoxy) is 3. The monoisotopic (exact) mass is 672 g/mol. The molecule has 0 aliphatic rings. The number of aromatic nitrogens is 3. The highest BCUT2D eigenvalue weighted by Gasteiger charge is 2.31. The molecule has 50 heavy (non-hydrogen) atoms. The molecule has 3 heterocycles. The molecule has 0 saturated carbocycles. The van der Waals surface area contributed by atoms with Gasteiger partial charge in [-0.1, -0.05) is 36.4 Å². The number of rotatable bonds is 12. The highest BCUT2D eigenvalue weighted by Crippen LogP contribution is 2.41. The van der Waals surface area contributed by atoms with Gasteiger partial charge >= 0.3 is 0 Å². The molecule has 0 radical (unpaired) electrons. The summed E-state index contributed by atoms with van der Waals surface area (Å²) < 4.78 is 17.5. The Morgan fingerprint density at radius 1 is 0.440 bits per heavy atom. The Morgan fingerprint density at radius 2 is 0.700 bits per heavy atom. The van der Waals surface area contributed by atoms with E-state index < -0.39 is 20.2 Å². The normalized spacial score (nSPS) is 11.0. The van der Waals surface area contributed by atoms with Gasteiger partial charge in [0, 0.05) is 41.8 Å². The summed E-state index contributed by atoms with van der Waals surface area (Å²) in [6, 6.07) is 30.2. The molecule has 0 fully saturated rings. The lowest BCUT2D eigenvalue weighted by molar-refractivity contribution is -0.385. The summed E-state index contributed by atoms with van der Waals surface area (Å²) in [4.78, 5) is 43.3. The highest BCUT2D eigenvalue weighted by molar-refractivity contribution is 5.53. The van der Waals surface area contributed by atoms with Crippen LogP contribution in [0.4, 0.5) is 17.1 Å². The van der Waals surface area contributed by atoms with E-state index in [1.165, 1.54) is 36.4 Å². The quantitative estimate of drug-likeness (QED) is 0.0685. The molecule has 0 aliphatic carbocycles. The van der Waals surface area contributed by atoms with Crippen LogP contribution in [0.5, 0.6) is 34.9 Å². The molecule has 6 aromatic rings. The summed E-state index contributed by atoms with van der Waals surface area (Å²) in [6.45, 7) is 2.04. The van der Waals surface area contributed by atoms with Crippen LogP contribution in [0.1, 0.15) is 23.6 Å². The van der Waals surface area contributed by atoms with E-state index in [1.807, 2.05) is 43.3 Å². The van der Waals surface area contributed by atoms with E-state index >= 15 is 0 Å². The molecular formula is C35H24N6O9. The van der Waals surface area contributed by atoms with Crippen molar-refractivity contribution in [1.82, 2.24) is 15.0 Å². The van der Waals surface area contributed by atoms with Crippen molar-refractivity contribution in [2.24, 2.45) is 0 Å². The van der Waals surface area contributed by atoms with Gasteiger partial charge in [0.25, 0.3) is 17.1 Å². The van der Waals surface area contributed by atoms with E-state index in [0.717, 1.165) is 35.3 Å². The van der Waals surface area contributed by atoms with Crippen molar-refractivity contribution in [3.8, 4) is 34.9 Å². The lowest BCUT2D eigenvalue weighted by Crippen LogP contribution is -2.25. The molecule has 6 rings (SSSR count). The van der Waals surface area contributed by atoms with Gasteiger partial charge in [0.1, 0.15) is 35.8 Å². The van der Waals surface area contributed by atoms with E-state index in [1.54, 1.807) is 36.4 Å². The zero-order chi connectivity index (χ0) is 35.3. The zero-order valence-electron chi connectivity index (χ0n) is 26.0. The summed E-state index contributed by atoms with van der Waals surface area (Å²) in [5.74, 6) is 2.00. The number of nitrogens with zero attached hydrogens (tertiary/aromatic N) is 6. The summed E-state index contributed by atoms with van der Waals surface area (Å²) >= 11 is 0. The van der Waals surface area contributed by atoms with Crippen molar-refractivity contribution in [2.45, 2.75) is 12.3 Å². The maximum absolute atomic E-state index is 11.0. The first-order valence-electron chi connectivity index (χ1n) is 14.7. The summed E-state index contributed by atoms with van der Waals surface area (Å²) in [5, 5.41) is 32.9. The Hall–Kier alpha value is -7.29. The van der Waals surface area contributed by atoms with E-state index in [-0.39, 0.29) is 34.7 Å². The third-order valence-electron chi connectivity index (χ3n) is 7.76. The molecule has 3 aromatic heterocycles. The minimum absolute atomic E-state index is 0.149. The zero-order valence-corrected chi connectivity index (χ0v) is 26.0. The minimum atomic E-state index is -0.738. The Labute approximate surface area is 282 Å². The van der Waals surface area contributed by atoms with E-state index in [2.05, 4.69) is 15.0 Å². The third-order valence-corrected chi connectivity index (χ3v) is 7.76. The molecule has 248 valence electrons. The van der Waals surface area contributed by atoms with Crippen molar-refractivity contribution >= 4 is 17.1 Å². The van der Waals surface area contributed by atoms with Crippen LogP contribution in [0, 0.1) is 30.3 Å². The predicted molar refractivity (Wildman–Crippen MR) is 178 cm³/mol. The number of benzene rings is 3. The van der Waals surface area contributed by atoms with Gasteiger partial charge < -0.3 is 14.2 Å². The summed E-state index contributed by atoms with van der Waals surface area (Å²) in [5.41, 5.74) is 1.48. The van der Waals surface area contributed by atoms with Crippen LogP contribution >= 0.6 is 0 Å². The maximum Gasteiger partial charge on any atom is 0.287 e. The summed E-state index contributed by atoms with van der Waals surface area (Å²) in [6.07, 6.45) is 3.37. The second-order valence-electron chi connectivity index (χ2n) is 10.8. The SMILES string of the molecule is CC(c1ccc(Oc2ccc([N+](=O)[O-])cn2)cc1)(c1ccc(Oc2ccc([N+](=O)[O-])cn2)cc1)c1ccc(Oc2ccc([N+](=O)[O-])cn2)cc1. The van der Waals surface area contributed by atoms with Gasteiger partial charge in [0.05, 0.1) is 14.8 Å². The molecule has 0 N–H and O–H groups in total. The third kappa shape index (κ3) is 7.16. The molecule has 0 saturated heterocycles. The number of hydrogen-bond donors (Lipinski definition) is 0. The first-order valence-corrected chi connectivity index (χ1v) is 14.7. The van der Waals surface area contributed by atoms with E-state index in [0.29, 0.717) is 17.2 Å². The van der Waals surface area contributed by atoms with Gasteiger partial charge in [-0.15, -0.1) is 0 Å². The lowest BCUT2D eigenvalue weighted by Gasteiger charge is -2.32. The Kier molecular flexibility index (Phi) is 9.03. The molecule has 3 aromatic carbocycles. The standard InChI is InChI=1S/C35H24N6O9/c1-35(23-2-11-29(12-3-23)48-32-17-8-26(20-36-32)39(42)43,24-4-13-30(14-5-24)49-33-18-9-27(21-37-33)40(44)45)25-6-15-31(16-7-25)50-34-19-10-28(22-38-34)41(46)47/h2-22H,1H3. The van der Waals surface area contributed by atoms with Crippen molar-refractivity contribution in [3.05, 3.63) is 175 Å². The molecular weight excluding hydrogens is 648 g/mol. The molecule has 0 aliphatic heterocycles. The van der Waals surface area contributed by atoms with Crippen molar-refractivity contribution < 1.29 is 29.0 Å². The molecule has 15 heteroatoms. The van der Waals surface area contributed by atoms with Crippen LogP contribution < -0.4 is 14.2 Å². The van der Waals surface area contributed by atoms with Gasteiger partial charge in [-0.05, 0) is 60.0 Å². The van der Waals surface area contributed by atoms with E-state index in [9.17, 15) is 30.3 Å². The fraction of sp³-hybridized carbons (Fsp3) is 0.0571. The van der Waals surface area contributed by atoms with Gasteiger partial charge in [-0.25, -0.2) is 15.0 Å². The van der Waals surface area contributed by atoms with Crippen molar-refractivity contribution in [1.29, 1.82) is 0 Å². The number of hydrogen-bond acceptors (Lipinski definition) is 12. The van der Waals surface area contributed by atoms with Gasteiger partial charge in [-0.2, -0.15) is 0 Å². The minimum Gasteiger partial charge on any atom is -0.439 e. The molecule has 0 atom stereocenters. The first-order chi connectivity index (χ1) is 24.1. The second-order valence-corrected chi connectivity index (χ2v) is 10.8. The Bertz CT molecular complexity index is 1900. The predicted octanol–water partition coefficient (Wildman–Crippen LogP) is 8.33. The Morgan fingerprint density at radius 3 is 0.900 bits per heavy atom. The smallest absolute Gasteiger partial charge is 0.287 e. The highest BCUT2D eigenvalue weighted by atomic mass is 16.6. The molecule has 0 unspecified atom stereocenters. The van der Waals surface area contributed by atoms with Gasteiger partial charge in [0.15, 0.2) is 0 Å². The lowest BCUT2D eigenvalue weighted by atomic mass is 9.71. The van der Waals surface area contributed by atoms with Gasteiger partial charge in [0.2, 0.25) is 17.6 Å². The molecule has 0 amide bonds. The van der Waals surface area contributed by atoms with E-state index in [4.69, 9.17) is 14.2 Å². The Balaban J connectivity index is 1.29. The molecule has 0 spiro atoms. The average Bonchev–Trinajstić information content (AvgIpc) is 3.13. The fourth-order valence-electron chi connectivity index (χ4n) is 5.05. The second kappa shape index (κ2) is 13.8. The average molecular weight is 673 g/mol. The largest absolute Gasteiger partial charge is 0.439 e. The van der Waals surface area contributed by atoms with Crippen LogP contribution in [0.3, 0.4) is 0 Å². The summed E-state index contributed by atoms with van der Waals surface area (Å²) in [7, 11) is 0. The van der Waals surface area contributed by atoms with Crippen LogP contribution in [-0.4, -0.2) is 29.7 Å². The maximum atomic E-state index is 11.0. The number of nitro groups is 3. The van der Waals surface area contributed by atoms with Crippen molar-refractivity contribution in [3.63, 3.8) is 0 Å².